The summed E-state index contributed by atoms with van der Waals surface area (Å²) in [4.78, 5) is 12.1. The minimum atomic E-state index is -0.655. The van der Waals surface area contributed by atoms with Crippen molar-refractivity contribution in [1.82, 2.24) is 5.32 Å². The molecule has 0 heterocycles. The van der Waals surface area contributed by atoms with E-state index in [0.29, 0.717) is 19.8 Å². The molecule has 1 aliphatic rings. The second-order valence-corrected chi connectivity index (χ2v) is 5.51. The summed E-state index contributed by atoms with van der Waals surface area (Å²) in [5, 5.41) is 2.89. The van der Waals surface area contributed by atoms with Gasteiger partial charge in [0, 0.05) is 6.54 Å². The van der Waals surface area contributed by atoms with Gasteiger partial charge >= 0.3 is 0 Å². The van der Waals surface area contributed by atoms with E-state index in [1.165, 1.54) is 6.42 Å². The molecule has 110 valence electrons. The second-order valence-electron chi connectivity index (χ2n) is 5.51. The van der Waals surface area contributed by atoms with E-state index in [4.69, 9.17) is 10.5 Å². The first kappa shape index (κ1) is 15.0. The smallest absolute Gasteiger partial charge is 0.240 e. The van der Waals surface area contributed by atoms with Gasteiger partial charge in [0.2, 0.25) is 5.91 Å². The molecule has 0 saturated heterocycles. The van der Waals surface area contributed by atoms with Crippen LogP contribution >= 0.6 is 0 Å². The average molecular weight is 276 g/mol. The molecule has 0 aromatic heterocycles. The molecule has 0 radical (unpaired) electrons. The third-order valence-corrected chi connectivity index (χ3v) is 3.84. The van der Waals surface area contributed by atoms with Gasteiger partial charge in [-0.05, 0) is 18.4 Å². The fourth-order valence-electron chi connectivity index (χ4n) is 2.59. The third-order valence-electron chi connectivity index (χ3n) is 3.84. The maximum absolute atomic E-state index is 12.1. The molecule has 0 spiro atoms. The van der Waals surface area contributed by atoms with Crippen molar-refractivity contribution in [2.45, 2.75) is 44.2 Å². The van der Waals surface area contributed by atoms with Gasteiger partial charge in [-0.3, -0.25) is 4.79 Å². The van der Waals surface area contributed by atoms with E-state index >= 15 is 0 Å². The van der Waals surface area contributed by atoms with Crippen LogP contribution in [0, 0.1) is 0 Å². The summed E-state index contributed by atoms with van der Waals surface area (Å²) in [7, 11) is 0. The van der Waals surface area contributed by atoms with Crippen LogP contribution in [0.2, 0.25) is 0 Å². The van der Waals surface area contributed by atoms with Gasteiger partial charge in [-0.25, -0.2) is 0 Å². The number of carbonyl (C=O) groups excluding carboxylic acids is 1. The molecule has 4 nitrogen and oxygen atoms in total. The number of carbonyl (C=O) groups is 1. The fraction of sp³-hybridized carbons (Fsp3) is 0.562. The topological polar surface area (TPSA) is 64.4 Å². The fourth-order valence-corrected chi connectivity index (χ4v) is 2.59. The molecule has 0 atom stereocenters. The number of benzene rings is 1. The highest BCUT2D eigenvalue weighted by atomic mass is 16.5. The monoisotopic (exact) mass is 276 g/mol. The van der Waals surface area contributed by atoms with Crippen molar-refractivity contribution in [2.24, 2.45) is 5.73 Å². The highest BCUT2D eigenvalue weighted by Gasteiger charge is 2.34. The highest BCUT2D eigenvalue weighted by Crippen LogP contribution is 2.25. The van der Waals surface area contributed by atoms with Gasteiger partial charge < -0.3 is 15.8 Å². The van der Waals surface area contributed by atoms with Crippen LogP contribution in [-0.2, 0) is 16.1 Å². The molecule has 20 heavy (non-hydrogen) atoms. The quantitative estimate of drug-likeness (QED) is 0.781. The Morgan fingerprint density at radius 1 is 1.20 bits per heavy atom. The van der Waals surface area contributed by atoms with Crippen molar-refractivity contribution < 1.29 is 9.53 Å². The molecule has 1 aliphatic carbocycles. The minimum Gasteiger partial charge on any atom is -0.375 e. The van der Waals surface area contributed by atoms with Crippen LogP contribution in [-0.4, -0.2) is 24.6 Å². The standard InChI is InChI=1S/C16H24N2O2/c17-16(9-5-2-6-10-16)15(19)18-11-12-20-13-14-7-3-1-4-8-14/h1,3-4,7-8H,2,5-6,9-13,17H2,(H,18,19). The Labute approximate surface area is 120 Å². The number of rotatable bonds is 6. The first-order chi connectivity index (χ1) is 9.71. The lowest BCUT2D eigenvalue weighted by Crippen LogP contribution is -2.55. The Bertz CT molecular complexity index is 414. The molecule has 1 amide bonds. The van der Waals surface area contributed by atoms with Crippen LogP contribution in [0.15, 0.2) is 30.3 Å². The van der Waals surface area contributed by atoms with Crippen LogP contribution < -0.4 is 11.1 Å². The van der Waals surface area contributed by atoms with E-state index in [1.54, 1.807) is 0 Å². The zero-order chi connectivity index (χ0) is 14.3. The van der Waals surface area contributed by atoms with E-state index in [2.05, 4.69) is 5.32 Å². The van der Waals surface area contributed by atoms with E-state index < -0.39 is 5.54 Å². The normalized spacial score (nSPS) is 17.6. The van der Waals surface area contributed by atoms with Gasteiger partial charge in [0.25, 0.3) is 0 Å². The largest absolute Gasteiger partial charge is 0.375 e. The molecule has 0 bridgehead atoms. The number of amides is 1. The Morgan fingerprint density at radius 3 is 2.60 bits per heavy atom. The van der Waals surface area contributed by atoms with Gasteiger partial charge in [-0.15, -0.1) is 0 Å². The molecule has 1 saturated carbocycles. The van der Waals surface area contributed by atoms with Crippen LogP contribution in [0.4, 0.5) is 0 Å². The zero-order valence-corrected chi connectivity index (χ0v) is 11.9. The van der Waals surface area contributed by atoms with Gasteiger partial charge in [-0.1, -0.05) is 49.6 Å². The van der Waals surface area contributed by atoms with E-state index in [0.717, 1.165) is 31.2 Å². The molecule has 1 fully saturated rings. The molecule has 3 N–H and O–H groups in total. The number of nitrogens with two attached hydrogens (primary N) is 1. The highest BCUT2D eigenvalue weighted by molar-refractivity contribution is 5.86. The van der Waals surface area contributed by atoms with Crippen LogP contribution in [0.5, 0.6) is 0 Å². The molecule has 1 aromatic rings. The van der Waals surface area contributed by atoms with E-state index in [9.17, 15) is 4.79 Å². The third kappa shape index (κ3) is 4.32. The first-order valence-corrected chi connectivity index (χ1v) is 7.40. The Morgan fingerprint density at radius 2 is 1.90 bits per heavy atom. The summed E-state index contributed by atoms with van der Waals surface area (Å²) in [5.41, 5.74) is 6.64. The lowest BCUT2D eigenvalue weighted by atomic mass is 9.82. The Kier molecular flexibility index (Phi) is 5.56. The summed E-state index contributed by atoms with van der Waals surface area (Å²) in [6.07, 6.45) is 4.88. The van der Waals surface area contributed by atoms with Crippen molar-refractivity contribution in [1.29, 1.82) is 0 Å². The molecule has 0 aliphatic heterocycles. The molecular formula is C16H24N2O2. The summed E-state index contributed by atoms with van der Waals surface area (Å²) < 4.78 is 5.53. The SMILES string of the molecule is NC1(C(=O)NCCOCc2ccccc2)CCCCC1. The predicted octanol–water partition coefficient (Wildman–Crippen LogP) is 1.98. The van der Waals surface area contributed by atoms with Crippen LogP contribution in [0.3, 0.4) is 0 Å². The van der Waals surface area contributed by atoms with Crippen LogP contribution in [0.25, 0.3) is 0 Å². The Balaban J connectivity index is 1.62. The number of hydrogen-bond acceptors (Lipinski definition) is 3. The van der Waals surface area contributed by atoms with Crippen molar-refractivity contribution in [3.8, 4) is 0 Å². The lowest BCUT2D eigenvalue weighted by Gasteiger charge is -2.31. The van der Waals surface area contributed by atoms with E-state index in [1.807, 2.05) is 30.3 Å². The van der Waals surface area contributed by atoms with Gasteiger partial charge in [0.05, 0.1) is 18.8 Å². The summed E-state index contributed by atoms with van der Waals surface area (Å²) in [6.45, 7) is 1.60. The summed E-state index contributed by atoms with van der Waals surface area (Å²) >= 11 is 0. The first-order valence-electron chi connectivity index (χ1n) is 7.40. The number of hydrogen-bond donors (Lipinski definition) is 2. The van der Waals surface area contributed by atoms with Crippen molar-refractivity contribution in [3.05, 3.63) is 35.9 Å². The molecule has 0 unspecified atom stereocenters. The maximum Gasteiger partial charge on any atom is 0.240 e. The molecular weight excluding hydrogens is 252 g/mol. The summed E-state index contributed by atoms with van der Waals surface area (Å²) in [6, 6.07) is 10.0. The average Bonchev–Trinajstić information content (AvgIpc) is 2.48. The van der Waals surface area contributed by atoms with Crippen LogP contribution in [0.1, 0.15) is 37.7 Å². The zero-order valence-electron chi connectivity index (χ0n) is 11.9. The van der Waals surface area contributed by atoms with Gasteiger partial charge in [0.1, 0.15) is 0 Å². The van der Waals surface area contributed by atoms with Gasteiger partial charge in [-0.2, -0.15) is 0 Å². The minimum absolute atomic E-state index is 0.0273. The predicted molar refractivity (Wildman–Crippen MR) is 79.1 cm³/mol. The number of nitrogens with one attached hydrogen (secondary N) is 1. The molecule has 2 rings (SSSR count). The van der Waals surface area contributed by atoms with Crippen molar-refractivity contribution >= 4 is 5.91 Å². The Hall–Kier alpha value is -1.39. The summed E-state index contributed by atoms with van der Waals surface area (Å²) in [5.74, 6) is -0.0273. The lowest BCUT2D eigenvalue weighted by molar-refractivity contribution is -0.127. The van der Waals surface area contributed by atoms with Crippen molar-refractivity contribution in [3.63, 3.8) is 0 Å². The van der Waals surface area contributed by atoms with Crippen molar-refractivity contribution in [2.75, 3.05) is 13.2 Å². The van der Waals surface area contributed by atoms with Gasteiger partial charge in [0.15, 0.2) is 0 Å². The maximum atomic E-state index is 12.1. The molecule has 4 heteroatoms. The second kappa shape index (κ2) is 7.41. The number of ether oxygens (including phenoxy) is 1. The molecule has 1 aromatic carbocycles. The van der Waals surface area contributed by atoms with E-state index in [-0.39, 0.29) is 5.91 Å².